The molecule has 0 aliphatic carbocycles. The molecule has 0 radical (unpaired) electrons. The number of rotatable bonds is 8. The quantitative estimate of drug-likeness (QED) is 0.342. The number of ether oxygens (including phenoxy) is 1. The second-order valence-corrected chi connectivity index (χ2v) is 4.46. The Morgan fingerprint density at radius 3 is 2.67 bits per heavy atom. The maximum Gasteiger partial charge on any atom is 0.374 e. The van der Waals surface area contributed by atoms with Gasteiger partial charge in [0.15, 0.2) is 0 Å². The highest BCUT2D eigenvalue weighted by Crippen LogP contribution is 2.29. The Kier molecular flexibility index (Phi) is 6.38. The normalized spacial score (nSPS) is 10.2. The number of carbonyl (C=O) groups excluding carboxylic acids is 2. The fourth-order valence-electron chi connectivity index (χ4n) is 1.63. The van der Waals surface area contributed by atoms with Crippen molar-refractivity contribution in [2.75, 3.05) is 11.9 Å². The number of unbranched alkanes of at least 4 members (excludes halogenated alkanes) is 3. The lowest BCUT2D eigenvalue weighted by atomic mass is 10.2. The molecule has 0 atom stereocenters. The number of furan rings is 1. The molecule has 1 N–H and O–H groups in total. The van der Waals surface area contributed by atoms with Crippen molar-refractivity contribution in [3.63, 3.8) is 0 Å². The number of carbonyl (C=O) groups is 2. The highest BCUT2D eigenvalue weighted by molar-refractivity contribution is 5.93. The Labute approximate surface area is 121 Å². The maximum atomic E-state index is 11.7. The summed E-state index contributed by atoms with van der Waals surface area (Å²) in [5, 5.41) is 13.0. The fraction of sp³-hybridized carbons (Fsp3) is 0.538. The van der Waals surface area contributed by atoms with Gasteiger partial charge < -0.3 is 9.15 Å². The van der Waals surface area contributed by atoms with E-state index in [9.17, 15) is 19.7 Å². The molecule has 0 aromatic carbocycles. The third-order valence-electron chi connectivity index (χ3n) is 2.63. The fourth-order valence-corrected chi connectivity index (χ4v) is 1.63. The zero-order valence-corrected chi connectivity index (χ0v) is 12.0. The van der Waals surface area contributed by atoms with Crippen molar-refractivity contribution in [2.24, 2.45) is 0 Å². The van der Waals surface area contributed by atoms with E-state index >= 15 is 0 Å². The lowest BCUT2D eigenvalue weighted by Gasteiger charge is -2.01. The van der Waals surface area contributed by atoms with E-state index in [0.29, 0.717) is 0 Å². The molecule has 1 amide bonds. The van der Waals surface area contributed by atoms with E-state index in [1.54, 1.807) is 0 Å². The van der Waals surface area contributed by atoms with Crippen molar-refractivity contribution in [1.29, 1.82) is 0 Å². The predicted octanol–water partition coefficient (Wildman–Crippen LogP) is 2.88. The summed E-state index contributed by atoms with van der Waals surface area (Å²) in [6.07, 6.45) is 3.79. The van der Waals surface area contributed by atoms with Crippen molar-refractivity contribution in [1.82, 2.24) is 0 Å². The second kappa shape index (κ2) is 8.03. The van der Waals surface area contributed by atoms with E-state index in [4.69, 9.17) is 9.15 Å². The number of anilines is 1. The minimum atomic E-state index is -0.786. The van der Waals surface area contributed by atoms with Crippen molar-refractivity contribution in [3.05, 3.63) is 21.9 Å². The van der Waals surface area contributed by atoms with Gasteiger partial charge in [-0.25, -0.2) is 4.79 Å². The summed E-state index contributed by atoms with van der Waals surface area (Å²) in [6.45, 7) is 3.47. The van der Waals surface area contributed by atoms with Gasteiger partial charge in [-0.15, -0.1) is 0 Å². The summed E-state index contributed by atoms with van der Waals surface area (Å²) in [4.78, 5) is 32.7. The van der Waals surface area contributed by atoms with Crippen LogP contribution in [0.4, 0.5) is 11.6 Å². The van der Waals surface area contributed by atoms with Gasteiger partial charge >= 0.3 is 11.7 Å². The van der Waals surface area contributed by atoms with E-state index in [-0.39, 0.29) is 18.3 Å². The molecule has 0 saturated heterocycles. The van der Waals surface area contributed by atoms with Crippen LogP contribution in [-0.4, -0.2) is 23.4 Å². The van der Waals surface area contributed by atoms with E-state index in [0.717, 1.165) is 31.7 Å². The van der Waals surface area contributed by atoms with Crippen molar-refractivity contribution in [2.45, 2.75) is 39.5 Å². The van der Waals surface area contributed by atoms with Gasteiger partial charge in [0.1, 0.15) is 0 Å². The lowest BCUT2D eigenvalue weighted by molar-refractivity contribution is -0.384. The monoisotopic (exact) mass is 298 g/mol. The summed E-state index contributed by atoms with van der Waals surface area (Å²) >= 11 is 0. The van der Waals surface area contributed by atoms with Gasteiger partial charge in [0.05, 0.1) is 17.6 Å². The third kappa shape index (κ3) is 5.25. The molecule has 116 valence electrons. The van der Waals surface area contributed by atoms with Crippen LogP contribution in [0.3, 0.4) is 0 Å². The molecule has 1 aromatic heterocycles. The average molecular weight is 298 g/mol. The zero-order valence-electron chi connectivity index (χ0n) is 12.0. The number of amides is 1. The smallest absolute Gasteiger partial charge is 0.374 e. The van der Waals surface area contributed by atoms with E-state index < -0.39 is 22.5 Å². The van der Waals surface area contributed by atoms with E-state index in [1.165, 1.54) is 6.92 Å². The highest BCUT2D eigenvalue weighted by Gasteiger charge is 2.26. The van der Waals surface area contributed by atoms with Crippen LogP contribution in [0.25, 0.3) is 0 Å². The van der Waals surface area contributed by atoms with Crippen LogP contribution in [0.2, 0.25) is 0 Å². The number of nitrogens with one attached hydrogen (secondary N) is 1. The van der Waals surface area contributed by atoms with Gasteiger partial charge in [0.2, 0.25) is 11.7 Å². The van der Waals surface area contributed by atoms with E-state index in [2.05, 4.69) is 12.2 Å². The predicted molar refractivity (Wildman–Crippen MR) is 74.1 cm³/mol. The van der Waals surface area contributed by atoms with Crippen molar-refractivity contribution >= 4 is 23.4 Å². The van der Waals surface area contributed by atoms with Gasteiger partial charge in [-0.3, -0.25) is 20.2 Å². The summed E-state index contributed by atoms with van der Waals surface area (Å²) in [7, 11) is 0. The Morgan fingerprint density at radius 2 is 2.10 bits per heavy atom. The topological polar surface area (TPSA) is 112 Å². The first-order chi connectivity index (χ1) is 9.95. The van der Waals surface area contributed by atoms with Gasteiger partial charge in [-0.1, -0.05) is 26.2 Å². The number of esters is 1. The molecule has 8 nitrogen and oxygen atoms in total. The molecule has 0 fully saturated rings. The molecule has 1 aromatic rings. The molecule has 0 aliphatic rings. The first kappa shape index (κ1) is 16.7. The SMILES string of the molecule is CCCCCCOC(=O)c1cc([N+](=O)[O-])c(NC(C)=O)o1. The lowest BCUT2D eigenvalue weighted by Crippen LogP contribution is -2.07. The Bertz CT molecular complexity index is 523. The first-order valence-corrected chi connectivity index (χ1v) is 6.68. The summed E-state index contributed by atoms with van der Waals surface area (Å²) in [6, 6.07) is 0.944. The second-order valence-electron chi connectivity index (χ2n) is 4.46. The minimum Gasteiger partial charge on any atom is -0.460 e. The molecule has 21 heavy (non-hydrogen) atoms. The van der Waals surface area contributed by atoms with E-state index in [1.807, 2.05) is 0 Å². The maximum absolute atomic E-state index is 11.7. The molecular weight excluding hydrogens is 280 g/mol. The Balaban J connectivity index is 2.67. The molecule has 0 unspecified atom stereocenters. The van der Waals surface area contributed by atoms with Gasteiger partial charge in [0, 0.05) is 6.92 Å². The van der Waals surface area contributed by atoms with Crippen LogP contribution in [0.1, 0.15) is 50.1 Å². The molecular formula is C13H18N2O6. The number of hydrogen-bond acceptors (Lipinski definition) is 6. The van der Waals surface area contributed by atoms with Gasteiger partial charge in [-0.05, 0) is 6.42 Å². The summed E-state index contributed by atoms with van der Waals surface area (Å²) < 4.78 is 9.94. The first-order valence-electron chi connectivity index (χ1n) is 6.68. The van der Waals surface area contributed by atoms with Crippen LogP contribution in [0.5, 0.6) is 0 Å². The van der Waals surface area contributed by atoms with Crippen LogP contribution in [0, 0.1) is 10.1 Å². The standard InChI is InChI=1S/C13H18N2O6/c1-3-4-5-6-7-20-13(17)11-8-10(15(18)19)12(21-11)14-9(2)16/h8H,3-7H2,1-2H3,(H,14,16). The zero-order chi connectivity index (χ0) is 15.8. The molecule has 0 saturated carbocycles. The van der Waals surface area contributed by atoms with Gasteiger partial charge in [0.25, 0.3) is 5.88 Å². The molecule has 0 aliphatic heterocycles. The van der Waals surface area contributed by atoms with Gasteiger partial charge in [-0.2, -0.15) is 0 Å². The number of nitro groups is 1. The third-order valence-corrected chi connectivity index (χ3v) is 2.63. The highest BCUT2D eigenvalue weighted by atomic mass is 16.6. The van der Waals surface area contributed by atoms with Crippen LogP contribution >= 0.6 is 0 Å². The number of nitrogens with zero attached hydrogens (tertiary/aromatic N) is 1. The average Bonchev–Trinajstić information content (AvgIpc) is 2.81. The van der Waals surface area contributed by atoms with Crippen molar-refractivity contribution < 1.29 is 23.7 Å². The summed E-state index contributed by atoms with van der Waals surface area (Å²) in [5.74, 6) is -2.00. The molecule has 0 bridgehead atoms. The molecule has 1 rings (SSSR count). The van der Waals surface area contributed by atoms with Crippen LogP contribution in [-0.2, 0) is 9.53 Å². The number of hydrogen-bond donors (Lipinski definition) is 1. The molecule has 1 heterocycles. The minimum absolute atomic E-state index is 0.225. The van der Waals surface area contributed by atoms with Crippen LogP contribution in [0.15, 0.2) is 10.5 Å². The van der Waals surface area contributed by atoms with Crippen LogP contribution < -0.4 is 5.32 Å². The van der Waals surface area contributed by atoms with Crippen molar-refractivity contribution in [3.8, 4) is 0 Å². The largest absolute Gasteiger partial charge is 0.460 e. The molecule has 0 spiro atoms. The summed E-state index contributed by atoms with van der Waals surface area (Å²) in [5.41, 5.74) is -0.483. The Hall–Kier alpha value is -2.38. The Morgan fingerprint density at radius 1 is 1.38 bits per heavy atom. The molecule has 8 heteroatoms.